The molecule has 0 radical (unpaired) electrons. The zero-order chi connectivity index (χ0) is 11.5. The van der Waals surface area contributed by atoms with Crippen LogP contribution in [0.3, 0.4) is 0 Å². The lowest BCUT2D eigenvalue weighted by Crippen LogP contribution is -2.14. The summed E-state index contributed by atoms with van der Waals surface area (Å²) in [6, 6.07) is 6.23. The van der Waals surface area contributed by atoms with Gasteiger partial charge in [0.15, 0.2) is 5.58 Å². The molecule has 0 bridgehead atoms. The first-order valence-corrected chi connectivity index (χ1v) is 5.61. The molecule has 1 aromatic carbocycles. The summed E-state index contributed by atoms with van der Waals surface area (Å²) in [5.41, 5.74) is 2.58. The molecule has 1 N–H and O–H groups in total. The van der Waals surface area contributed by atoms with Crippen molar-refractivity contribution in [3.8, 4) is 0 Å². The molecule has 0 saturated heterocycles. The third kappa shape index (κ3) is 2.13. The van der Waals surface area contributed by atoms with Crippen molar-refractivity contribution >= 4 is 22.7 Å². The molecule has 1 aromatic heterocycles. The quantitative estimate of drug-likeness (QED) is 0.500. The summed E-state index contributed by atoms with van der Waals surface area (Å²) in [6.07, 6.45) is 0.862. The number of aromatic nitrogens is 1. The minimum atomic E-state index is -0.328. The van der Waals surface area contributed by atoms with Crippen LogP contribution in [0.15, 0.2) is 27.4 Å². The molecule has 0 saturated carbocycles. The molecule has 16 heavy (non-hydrogen) atoms. The molecule has 4 nitrogen and oxygen atoms in total. The maximum Gasteiger partial charge on any atom is 0.419 e. The highest BCUT2D eigenvalue weighted by molar-refractivity contribution is 6.17. The normalized spacial score (nSPS) is 11.1. The van der Waals surface area contributed by atoms with Crippen molar-refractivity contribution in [2.24, 2.45) is 7.05 Å². The molecule has 0 amide bonds. The SMILES string of the molecule is Cn1c(=O)oc2cc(CCNCCl)ccc21. The smallest absolute Gasteiger partial charge is 0.408 e. The van der Waals surface area contributed by atoms with Crippen LogP contribution in [0.25, 0.3) is 11.1 Å². The second kappa shape index (κ2) is 4.72. The van der Waals surface area contributed by atoms with Gasteiger partial charge in [-0.05, 0) is 24.1 Å². The Hall–Kier alpha value is -1.26. The second-order valence-corrected chi connectivity index (χ2v) is 3.88. The Labute approximate surface area is 97.8 Å². The van der Waals surface area contributed by atoms with E-state index in [0.717, 1.165) is 24.0 Å². The van der Waals surface area contributed by atoms with E-state index in [-0.39, 0.29) is 5.76 Å². The van der Waals surface area contributed by atoms with Crippen molar-refractivity contribution in [3.63, 3.8) is 0 Å². The highest BCUT2D eigenvalue weighted by atomic mass is 35.5. The Morgan fingerprint density at radius 3 is 3.06 bits per heavy atom. The Morgan fingerprint density at radius 1 is 1.50 bits per heavy atom. The van der Waals surface area contributed by atoms with Crippen LogP contribution >= 0.6 is 11.6 Å². The number of rotatable bonds is 4. The maximum atomic E-state index is 11.3. The molecular weight excluding hydrogens is 228 g/mol. The van der Waals surface area contributed by atoms with E-state index in [2.05, 4.69) is 5.32 Å². The van der Waals surface area contributed by atoms with Crippen LogP contribution in [-0.4, -0.2) is 17.1 Å². The summed E-state index contributed by atoms with van der Waals surface area (Å²) in [6.45, 7) is 0.812. The Morgan fingerprint density at radius 2 is 2.31 bits per heavy atom. The zero-order valence-electron chi connectivity index (χ0n) is 9.00. The molecule has 0 aliphatic carbocycles. The van der Waals surface area contributed by atoms with Crippen LogP contribution < -0.4 is 11.1 Å². The molecule has 2 rings (SSSR count). The Balaban J connectivity index is 2.27. The summed E-state index contributed by atoms with van der Waals surface area (Å²) < 4.78 is 6.60. The summed E-state index contributed by atoms with van der Waals surface area (Å²) in [4.78, 5) is 11.3. The monoisotopic (exact) mass is 240 g/mol. The van der Waals surface area contributed by atoms with E-state index in [1.54, 1.807) is 7.05 Å². The third-order valence-electron chi connectivity index (χ3n) is 2.54. The number of halogens is 1. The molecule has 2 aromatic rings. The molecule has 1 heterocycles. The summed E-state index contributed by atoms with van der Waals surface area (Å²) >= 11 is 5.51. The number of benzene rings is 1. The fourth-order valence-electron chi connectivity index (χ4n) is 1.63. The van der Waals surface area contributed by atoms with E-state index < -0.39 is 0 Å². The predicted molar refractivity (Wildman–Crippen MR) is 63.9 cm³/mol. The Kier molecular flexibility index (Phi) is 3.31. The van der Waals surface area contributed by atoms with Crippen LogP contribution in [0, 0.1) is 0 Å². The summed E-state index contributed by atoms with van der Waals surface area (Å²) in [5.74, 6) is -0.328. The highest BCUT2D eigenvalue weighted by Gasteiger charge is 2.05. The topological polar surface area (TPSA) is 47.2 Å². The number of nitrogens with one attached hydrogen (secondary N) is 1. The number of fused-ring (bicyclic) bond motifs is 1. The minimum Gasteiger partial charge on any atom is -0.408 e. The van der Waals surface area contributed by atoms with Crippen molar-refractivity contribution in [2.75, 3.05) is 12.5 Å². The fourth-order valence-corrected chi connectivity index (χ4v) is 1.77. The van der Waals surface area contributed by atoms with Gasteiger partial charge in [0.25, 0.3) is 0 Å². The lowest BCUT2D eigenvalue weighted by atomic mass is 10.1. The lowest BCUT2D eigenvalue weighted by molar-refractivity contribution is 0.528. The van der Waals surface area contributed by atoms with Crippen LogP contribution in [0.5, 0.6) is 0 Å². The number of aryl methyl sites for hydroxylation is 1. The first kappa shape index (κ1) is 11.2. The van der Waals surface area contributed by atoms with Gasteiger partial charge in [-0.3, -0.25) is 4.57 Å². The van der Waals surface area contributed by atoms with Gasteiger partial charge in [0, 0.05) is 13.6 Å². The molecule has 0 unspecified atom stereocenters. The molecule has 0 aliphatic heterocycles. The largest absolute Gasteiger partial charge is 0.419 e. The van der Waals surface area contributed by atoms with Crippen molar-refractivity contribution in [1.82, 2.24) is 9.88 Å². The molecule has 0 spiro atoms. The highest BCUT2D eigenvalue weighted by Crippen LogP contribution is 2.14. The van der Waals surface area contributed by atoms with E-state index in [9.17, 15) is 4.79 Å². The molecule has 0 aliphatic rings. The molecule has 0 fully saturated rings. The molecule has 0 atom stereocenters. The van der Waals surface area contributed by atoms with Gasteiger partial charge < -0.3 is 9.73 Å². The van der Waals surface area contributed by atoms with E-state index in [4.69, 9.17) is 16.0 Å². The number of nitrogens with zero attached hydrogens (tertiary/aromatic N) is 1. The fraction of sp³-hybridized carbons (Fsp3) is 0.364. The average Bonchev–Trinajstić information content (AvgIpc) is 2.55. The van der Waals surface area contributed by atoms with E-state index in [1.165, 1.54) is 4.57 Å². The molecular formula is C11H13ClN2O2. The van der Waals surface area contributed by atoms with Crippen molar-refractivity contribution in [3.05, 3.63) is 34.3 Å². The van der Waals surface area contributed by atoms with Crippen LogP contribution in [-0.2, 0) is 13.5 Å². The number of hydrogen-bond acceptors (Lipinski definition) is 3. The van der Waals surface area contributed by atoms with Gasteiger partial charge in [-0.2, -0.15) is 0 Å². The van der Waals surface area contributed by atoms with Gasteiger partial charge in [-0.15, -0.1) is 11.6 Å². The molecule has 86 valence electrons. The van der Waals surface area contributed by atoms with Gasteiger partial charge in [0.2, 0.25) is 0 Å². The Bertz CT molecular complexity index is 544. The van der Waals surface area contributed by atoms with Gasteiger partial charge >= 0.3 is 5.76 Å². The van der Waals surface area contributed by atoms with Crippen molar-refractivity contribution < 1.29 is 4.42 Å². The summed E-state index contributed by atoms with van der Waals surface area (Å²) in [7, 11) is 1.70. The minimum absolute atomic E-state index is 0.328. The standard InChI is InChI=1S/C11H13ClN2O2/c1-14-9-3-2-8(4-5-13-7-12)6-10(9)16-11(14)15/h2-3,6,13H,4-5,7H2,1H3. The zero-order valence-corrected chi connectivity index (χ0v) is 9.75. The van der Waals surface area contributed by atoms with Crippen molar-refractivity contribution in [1.29, 1.82) is 0 Å². The maximum absolute atomic E-state index is 11.3. The first-order chi connectivity index (χ1) is 7.72. The van der Waals surface area contributed by atoms with Gasteiger partial charge in [0.1, 0.15) is 0 Å². The number of hydrogen-bond donors (Lipinski definition) is 1. The summed E-state index contributed by atoms with van der Waals surface area (Å²) in [5, 5.41) is 3.03. The average molecular weight is 241 g/mol. The van der Waals surface area contributed by atoms with E-state index >= 15 is 0 Å². The lowest BCUT2D eigenvalue weighted by Gasteiger charge is -2.01. The third-order valence-corrected chi connectivity index (χ3v) is 2.73. The van der Waals surface area contributed by atoms with Gasteiger partial charge in [-0.25, -0.2) is 4.79 Å². The van der Waals surface area contributed by atoms with Crippen LogP contribution in [0.2, 0.25) is 0 Å². The van der Waals surface area contributed by atoms with Gasteiger partial charge in [0.05, 0.1) is 11.5 Å². The predicted octanol–water partition coefficient (Wildman–Crippen LogP) is 1.46. The van der Waals surface area contributed by atoms with Gasteiger partial charge in [-0.1, -0.05) is 6.07 Å². The number of alkyl halides is 1. The second-order valence-electron chi connectivity index (χ2n) is 3.61. The molecule has 5 heteroatoms. The number of oxazole rings is 1. The van der Waals surface area contributed by atoms with E-state index in [1.807, 2.05) is 18.2 Å². The van der Waals surface area contributed by atoms with Crippen molar-refractivity contribution in [2.45, 2.75) is 6.42 Å². The van der Waals surface area contributed by atoms with Crippen LogP contribution in [0.4, 0.5) is 0 Å². The first-order valence-electron chi connectivity index (χ1n) is 5.07. The van der Waals surface area contributed by atoms with Crippen LogP contribution in [0.1, 0.15) is 5.56 Å². The van der Waals surface area contributed by atoms with E-state index in [0.29, 0.717) is 11.6 Å².